The number of nitrogens with zero attached hydrogens (tertiary/aromatic N) is 3. The number of fused-ring (bicyclic) bond motifs is 2. The number of ketones is 1. The quantitative estimate of drug-likeness (QED) is 0.661. The summed E-state index contributed by atoms with van der Waals surface area (Å²) in [5, 5.41) is 4.70. The first-order chi connectivity index (χ1) is 12.7. The SMILES string of the molecule is O=C1C[C@@H](n2nc(-c3ccco3)n(-c3ccccc3)c2=S)[C@@H]2CO[C@H]1O2. The van der Waals surface area contributed by atoms with E-state index in [0.29, 0.717) is 23.0 Å². The molecule has 7 nitrogen and oxygen atoms in total. The van der Waals surface area contributed by atoms with Crippen molar-refractivity contribution >= 4 is 18.0 Å². The minimum absolute atomic E-state index is 0.0838. The van der Waals surface area contributed by atoms with E-state index in [1.54, 1.807) is 17.0 Å². The van der Waals surface area contributed by atoms with Crippen LogP contribution in [0.25, 0.3) is 17.3 Å². The average molecular weight is 369 g/mol. The van der Waals surface area contributed by atoms with Crippen molar-refractivity contribution in [3.63, 3.8) is 0 Å². The summed E-state index contributed by atoms with van der Waals surface area (Å²) in [7, 11) is 0. The minimum Gasteiger partial charge on any atom is -0.461 e. The van der Waals surface area contributed by atoms with Crippen molar-refractivity contribution in [1.29, 1.82) is 0 Å². The normalized spacial score (nSPS) is 24.9. The molecule has 2 aromatic heterocycles. The van der Waals surface area contributed by atoms with Crippen LogP contribution in [0.5, 0.6) is 0 Å². The van der Waals surface area contributed by atoms with E-state index in [1.165, 1.54) is 0 Å². The summed E-state index contributed by atoms with van der Waals surface area (Å²) < 4.78 is 20.6. The van der Waals surface area contributed by atoms with E-state index in [2.05, 4.69) is 0 Å². The Morgan fingerprint density at radius 2 is 2.00 bits per heavy atom. The van der Waals surface area contributed by atoms with Crippen molar-refractivity contribution < 1.29 is 18.7 Å². The number of hydrogen-bond donors (Lipinski definition) is 0. The van der Waals surface area contributed by atoms with Gasteiger partial charge in [-0.1, -0.05) is 18.2 Å². The van der Waals surface area contributed by atoms with E-state index in [-0.39, 0.29) is 24.3 Å². The fraction of sp³-hybridized carbons (Fsp3) is 0.278. The highest BCUT2D eigenvalue weighted by atomic mass is 32.1. The second-order valence-electron chi connectivity index (χ2n) is 6.28. The van der Waals surface area contributed by atoms with Crippen LogP contribution in [0.3, 0.4) is 0 Å². The van der Waals surface area contributed by atoms with Crippen LogP contribution in [0.4, 0.5) is 0 Å². The van der Waals surface area contributed by atoms with Gasteiger partial charge in [-0.15, -0.1) is 5.10 Å². The largest absolute Gasteiger partial charge is 0.461 e. The number of benzene rings is 1. The van der Waals surface area contributed by atoms with Crippen LogP contribution < -0.4 is 0 Å². The van der Waals surface area contributed by atoms with Gasteiger partial charge < -0.3 is 13.9 Å². The predicted molar refractivity (Wildman–Crippen MR) is 93.4 cm³/mol. The first kappa shape index (κ1) is 15.7. The summed E-state index contributed by atoms with van der Waals surface area (Å²) >= 11 is 5.72. The molecule has 0 spiro atoms. The molecular formula is C18H15N3O4S. The molecule has 5 rings (SSSR count). The third kappa shape index (κ3) is 2.38. The van der Waals surface area contributed by atoms with Gasteiger partial charge >= 0.3 is 0 Å². The van der Waals surface area contributed by atoms with Crippen molar-refractivity contribution in [2.24, 2.45) is 0 Å². The van der Waals surface area contributed by atoms with Crippen LogP contribution in [0.2, 0.25) is 0 Å². The topological polar surface area (TPSA) is 71.4 Å². The first-order valence-corrected chi connectivity index (χ1v) is 8.74. The van der Waals surface area contributed by atoms with Crippen LogP contribution in [-0.2, 0) is 14.3 Å². The van der Waals surface area contributed by atoms with Gasteiger partial charge in [0.25, 0.3) is 0 Å². The highest BCUT2D eigenvalue weighted by Crippen LogP contribution is 2.34. The zero-order valence-electron chi connectivity index (χ0n) is 13.6. The van der Waals surface area contributed by atoms with Crippen LogP contribution in [0.15, 0.2) is 53.1 Å². The van der Waals surface area contributed by atoms with Crippen LogP contribution in [-0.4, -0.2) is 39.1 Å². The Morgan fingerprint density at radius 1 is 1.15 bits per heavy atom. The lowest BCUT2D eigenvalue weighted by Crippen LogP contribution is -2.37. The second-order valence-corrected chi connectivity index (χ2v) is 6.64. The number of carbonyl (C=O) groups is 1. The third-order valence-electron chi connectivity index (χ3n) is 4.68. The van der Waals surface area contributed by atoms with Crippen molar-refractivity contribution in [1.82, 2.24) is 14.3 Å². The van der Waals surface area contributed by atoms with Crippen LogP contribution in [0.1, 0.15) is 12.5 Å². The van der Waals surface area contributed by atoms with Gasteiger partial charge in [-0.05, 0) is 36.5 Å². The Bertz CT molecular complexity index is 1010. The van der Waals surface area contributed by atoms with Crippen LogP contribution in [0, 0.1) is 4.77 Å². The maximum atomic E-state index is 12.2. The highest BCUT2D eigenvalue weighted by Gasteiger charge is 2.45. The van der Waals surface area contributed by atoms with Crippen molar-refractivity contribution in [2.75, 3.05) is 6.61 Å². The molecule has 132 valence electrons. The van der Waals surface area contributed by atoms with Gasteiger partial charge in [0, 0.05) is 6.42 Å². The highest BCUT2D eigenvalue weighted by molar-refractivity contribution is 7.71. The molecule has 0 N–H and O–H groups in total. The monoisotopic (exact) mass is 369 g/mol. The maximum absolute atomic E-state index is 12.2. The van der Waals surface area contributed by atoms with E-state index in [9.17, 15) is 4.79 Å². The molecule has 4 heterocycles. The molecule has 26 heavy (non-hydrogen) atoms. The summed E-state index contributed by atoms with van der Waals surface area (Å²) in [6.45, 7) is 0.358. The molecule has 0 saturated carbocycles. The Morgan fingerprint density at radius 3 is 2.77 bits per heavy atom. The molecule has 3 atom stereocenters. The third-order valence-corrected chi connectivity index (χ3v) is 5.05. The Balaban J connectivity index is 1.68. The van der Waals surface area contributed by atoms with Gasteiger partial charge in [-0.2, -0.15) is 0 Å². The Kier molecular flexibility index (Phi) is 3.63. The van der Waals surface area contributed by atoms with Crippen molar-refractivity contribution in [3.05, 3.63) is 53.5 Å². The number of Topliss-reactive ketones (excluding diaryl/α,β-unsaturated/α-hetero) is 1. The van der Waals surface area contributed by atoms with Gasteiger partial charge in [0.2, 0.25) is 16.9 Å². The van der Waals surface area contributed by atoms with Gasteiger partial charge in [0.05, 0.1) is 24.6 Å². The summed E-state index contributed by atoms with van der Waals surface area (Å²) in [4.78, 5) is 12.2. The molecule has 1 aromatic carbocycles. The summed E-state index contributed by atoms with van der Waals surface area (Å²) in [6.07, 6.45) is 0.891. The molecule has 2 aliphatic heterocycles. The van der Waals surface area contributed by atoms with E-state index >= 15 is 0 Å². The van der Waals surface area contributed by atoms with Gasteiger partial charge in [0.15, 0.2) is 11.5 Å². The molecule has 0 radical (unpaired) electrons. The van der Waals surface area contributed by atoms with Crippen molar-refractivity contribution in [2.45, 2.75) is 24.9 Å². The number of rotatable bonds is 3. The smallest absolute Gasteiger partial charge is 0.218 e. The molecule has 0 amide bonds. The zero-order chi connectivity index (χ0) is 17.7. The van der Waals surface area contributed by atoms with Gasteiger partial charge in [-0.3, -0.25) is 9.36 Å². The van der Waals surface area contributed by atoms with Crippen LogP contribution >= 0.6 is 12.2 Å². The standard InChI is InChI=1S/C18H15N3O4S/c22-13-9-12(15-10-24-17(13)25-15)21-18(26)20(11-5-2-1-3-6-11)16(19-21)14-7-4-8-23-14/h1-8,12,15,17H,9-10H2/t12-,15+,17+/m1/s1. The molecular weight excluding hydrogens is 354 g/mol. The van der Waals surface area contributed by atoms with Gasteiger partial charge in [-0.25, -0.2) is 4.68 Å². The number of carbonyl (C=O) groups excluding carboxylic acids is 1. The van der Waals surface area contributed by atoms with E-state index in [1.807, 2.05) is 41.0 Å². The van der Waals surface area contributed by atoms with E-state index in [4.69, 9.17) is 31.2 Å². The fourth-order valence-corrected chi connectivity index (χ4v) is 3.81. The molecule has 2 bridgehead atoms. The molecule has 0 unspecified atom stereocenters. The molecule has 2 fully saturated rings. The zero-order valence-corrected chi connectivity index (χ0v) is 14.5. The minimum atomic E-state index is -0.744. The number of ether oxygens (including phenoxy) is 2. The number of furan rings is 1. The molecule has 3 aromatic rings. The molecule has 2 saturated heterocycles. The summed E-state index contributed by atoms with van der Waals surface area (Å²) in [5.41, 5.74) is 0.874. The summed E-state index contributed by atoms with van der Waals surface area (Å²) in [5.74, 6) is 1.10. The van der Waals surface area contributed by atoms with E-state index < -0.39 is 6.29 Å². The lowest BCUT2D eigenvalue weighted by atomic mass is 10.0. The fourth-order valence-electron chi connectivity index (χ4n) is 3.44. The first-order valence-electron chi connectivity index (χ1n) is 8.33. The van der Waals surface area contributed by atoms with E-state index in [0.717, 1.165) is 5.69 Å². The number of aromatic nitrogens is 3. The Hall–Kier alpha value is -2.55. The average Bonchev–Trinajstić information content (AvgIpc) is 3.39. The van der Waals surface area contributed by atoms with Gasteiger partial charge in [0.1, 0.15) is 6.10 Å². The molecule has 8 heteroatoms. The molecule has 0 aliphatic carbocycles. The number of para-hydroxylation sites is 1. The lowest BCUT2D eigenvalue weighted by Gasteiger charge is -2.26. The maximum Gasteiger partial charge on any atom is 0.218 e. The number of hydrogen-bond acceptors (Lipinski definition) is 6. The summed E-state index contributed by atoms with van der Waals surface area (Å²) in [6, 6.07) is 13.0. The van der Waals surface area contributed by atoms with Crippen molar-refractivity contribution in [3.8, 4) is 17.3 Å². The second kappa shape index (κ2) is 6.01. The Labute approximate surface area is 153 Å². The molecule has 2 aliphatic rings. The lowest BCUT2D eigenvalue weighted by molar-refractivity contribution is -0.156. The predicted octanol–water partition coefficient (Wildman–Crippen LogP) is 2.92.